The van der Waals surface area contributed by atoms with Crippen molar-refractivity contribution in [1.82, 2.24) is 0 Å². The van der Waals surface area contributed by atoms with Crippen LogP contribution in [0.15, 0.2) is 18.2 Å². The van der Waals surface area contributed by atoms with Crippen molar-refractivity contribution in [3.05, 3.63) is 29.3 Å². The zero-order valence-corrected chi connectivity index (χ0v) is 7.87. The van der Waals surface area contributed by atoms with Crippen LogP contribution in [-0.4, -0.2) is 5.78 Å². The van der Waals surface area contributed by atoms with Crippen LogP contribution in [0.25, 0.3) is 0 Å². The van der Waals surface area contributed by atoms with E-state index in [1.165, 1.54) is 6.92 Å². The van der Waals surface area contributed by atoms with E-state index in [0.29, 0.717) is 11.3 Å². The Hall–Kier alpha value is -1.35. The van der Waals surface area contributed by atoms with E-state index in [4.69, 9.17) is 11.5 Å². The van der Waals surface area contributed by atoms with E-state index < -0.39 is 6.04 Å². The van der Waals surface area contributed by atoms with Crippen molar-refractivity contribution in [2.24, 2.45) is 5.73 Å². The summed E-state index contributed by atoms with van der Waals surface area (Å²) in [7, 11) is 0. The van der Waals surface area contributed by atoms with Crippen LogP contribution in [-0.2, 0) is 4.79 Å². The first-order valence-corrected chi connectivity index (χ1v) is 4.15. The van der Waals surface area contributed by atoms with Gasteiger partial charge in [-0.3, -0.25) is 4.79 Å². The summed E-state index contributed by atoms with van der Waals surface area (Å²) in [6, 6.07) is 4.93. The second-order valence-corrected chi connectivity index (χ2v) is 3.17. The molecule has 1 rings (SSSR count). The number of para-hydroxylation sites is 1. The van der Waals surface area contributed by atoms with E-state index in [1.807, 2.05) is 19.1 Å². The second-order valence-electron chi connectivity index (χ2n) is 3.17. The molecule has 0 saturated carbocycles. The molecule has 0 aromatic heterocycles. The summed E-state index contributed by atoms with van der Waals surface area (Å²) in [5.41, 5.74) is 13.8. The molecule has 0 radical (unpaired) electrons. The average Bonchev–Trinajstić information content (AvgIpc) is 2.08. The van der Waals surface area contributed by atoms with Crippen LogP contribution in [0, 0.1) is 6.92 Å². The van der Waals surface area contributed by atoms with Crippen molar-refractivity contribution in [3.8, 4) is 0 Å². The van der Waals surface area contributed by atoms with Gasteiger partial charge in [0, 0.05) is 5.69 Å². The number of carbonyl (C=O) groups excluding carboxylic acids is 1. The molecule has 0 aliphatic heterocycles. The Morgan fingerprint density at radius 2 is 2.08 bits per heavy atom. The number of anilines is 1. The van der Waals surface area contributed by atoms with E-state index in [1.54, 1.807) is 6.07 Å². The topological polar surface area (TPSA) is 69.1 Å². The summed E-state index contributed by atoms with van der Waals surface area (Å²) >= 11 is 0. The van der Waals surface area contributed by atoms with Crippen molar-refractivity contribution in [3.63, 3.8) is 0 Å². The van der Waals surface area contributed by atoms with Crippen LogP contribution in [0.3, 0.4) is 0 Å². The van der Waals surface area contributed by atoms with Crippen molar-refractivity contribution in [2.45, 2.75) is 19.9 Å². The van der Waals surface area contributed by atoms with Crippen molar-refractivity contribution < 1.29 is 4.79 Å². The monoisotopic (exact) mass is 178 g/mol. The zero-order chi connectivity index (χ0) is 10.0. The standard InChI is InChI=1S/C10H14N2O/c1-6-4-3-5-8(9(6)11)10(12)7(2)13/h3-5,10H,11-12H2,1-2H3. The second kappa shape index (κ2) is 3.58. The van der Waals surface area contributed by atoms with Gasteiger partial charge in [0.25, 0.3) is 0 Å². The summed E-state index contributed by atoms with van der Waals surface area (Å²) < 4.78 is 0. The predicted octanol–water partition coefficient (Wildman–Crippen LogP) is 1.17. The first kappa shape index (κ1) is 9.74. The van der Waals surface area contributed by atoms with E-state index in [-0.39, 0.29) is 5.78 Å². The number of hydrogen-bond acceptors (Lipinski definition) is 3. The number of nitrogens with two attached hydrogens (primary N) is 2. The lowest BCUT2D eigenvalue weighted by Crippen LogP contribution is -2.20. The SMILES string of the molecule is CC(=O)C(N)c1cccc(C)c1N. The fourth-order valence-corrected chi connectivity index (χ4v) is 1.19. The van der Waals surface area contributed by atoms with Crippen molar-refractivity contribution in [2.75, 3.05) is 5.73 Å². The molecule has 0 amide bonds. The summed E-state index contributed by atoms with van der Waals surface area (Å²) in [6.45, 7) is 3.36. The number of Topliss-reactive ketones (excluding diaryl/α,β-unsaturated/α-hetero) is 1. The van der Waals surface area contributed by atoms with Crippen molar-refractivity contribution >= 4 is 11.5 Å². The third kappa shape index (κ3) is 1.87. The van der Waals surface area contributed by atoms with Gasteiger partial charge in [0.05, 0.1) is 6.04 Å². The minimum Gasteiger partial charge on any atom is -0.398 e. The largest absolute Gasteiger partial charge is 0.398 e. The summed E-state index contributed by atoms with van der Waals surface area (Å²) in [6.07, 6.45) is 0. The van der Waals surface area contributed by atoms with Crippen LogP contribution in [0.5, 0.6) is 0 Å². The maximum atomic E-state index is 11.0. The summed E-state index contributed by atoms with van der Waals surface area (Å²) in [5, 5.41) is 0. The fourth-order valence-electron chi connectivity index (χ4n) is 1.19. The van der Waals surface area contributed by atoms with Crippen LogP contribution in [0.1, 0.15) is 24.1 Å². The molecule has 3 nitrogen and oxygen atoms in total. The molecule has 13 heavy (non-hydrogen) atoms. The van der Waals surface area contributed by atoms with E-state index >= 15 is 0 Å². The molecule has 1 aromatic rings. The van der Waals surface area contributed by atoms with E-state index in [9.17, 15) is 4.79 Å². The Morgan fingerprint density at radius 1 is 1.46 bits per heavy atom. The maximum Gasteiger partial charge on any atom is 0.151 e. The molecule has 1 unspecified atom stereocenters. The Bertz CT molecular complexity index is 334. The molecule has 0 bridgehead atoms. The molecule has 0 spiro atoms. The van der Waals surface area contributed by atoms with Gasteiger partial charge in [-0.15, -0.1) is 0 Å². The van der Waals surface area contributed by atoms with E-state index in [2.05, 4.69) is 0 Å². The third-order valence-corrected chi connectivity index (χ3v) is 2.13. The predicted molar refractivity (Wildman–Crippen MR) is 53.2 cm³/mol. The molecule has 0 aliphatic rings. The lowest BCUT2D eigenvalue weighted by atomic mass is 10.00. The van der Waals surface area contributed by atoms with Gasteiger partial charge in [0.15, 0.2) is 5.78 Å². The number of hydrogen-bond donors (Lipinski definition) is 2. The van der Waals surface area contributed by atoms with Gasteiger partial charge in [0.2, 0.25) is 0 Å². The fraction of sp³-hybridized carbons (Fsp3) is 0.300. The van der Waals surface area contributed by atoms with Crippen LogP contribution in [0.4, 0.5) is 5.69 Å². The van der Waals surface area contributed by atoms with Gasteiger partial charge in [-0.05, 0) is 25.0 Å². The number of aryl methyl sites for hydroxylation is 1. The first-order chi connectivity index (χ1) is 6.04. The highest BCUT2D eigenvalue weighted by atomic mass is 16.1. The van der Waals surface area contributed by atoms with Gasteiger partial charge >= 0.3 is 0 Å². The zero-order valence-electron chi connectivity index (χ0n) is 7.87. The molecule has 0 heterocycles. The molecule has 4 N–H and O–H groups in total. The third-order valence-electron chi connectivity index (χ3n) is 2.13. The quantitative estimate of drug-likeness (QED) is 0.668. The molecule has 70 valence electrons. The highest BCUT2D eigenvalue weighted by molar-refractivity contribution is 5.84. The number of benzene rings is 1. The van der Waals surface area contributed by atoms with Crippen LogP contribution >= 0.6 is 0 Å². The Morgan fingerprint density at radius 3 is 2.62 bits per heavy atom. The number of nitrogen functional groups attached to an aromatic ring is 1. The van der Waals surface area contributed by atoms with Gasteiger partial charge in [-0.25, -0.2) is 0 Å². The van der Waals surface area contributed by atoms with Gasteiger partial charge in [-0.2, -0.15) is 0 Å². The molecule has 0 fully saturated rings. The summed E-state index contributed by atoms with van der Waals surface area (Å²) in [4.78, 5) is 11.0. The normalized spacial score (nSPS) is 12.5. The lowest BCUT2D eigenvalue weighted by molar-refractivity contribution is -0.118. The number of rotatable bonds is 2. The molecular weight excluding hydrogens is 164 g/mol. The molecule has 0 aliphatic carbocycles. The first-order valence-electron chi connectivity index (χ1n) is 4.15. The molecule has 1 aromatic carbocycles. The van der Waals surface area contributed by atoms with Crippen LogP contribution in [0.2, 0.25) is 0 Å². The van der Waals surface area contributed by atoms with Gasteiger partial charge in [-0.1, -0.05) is 18.2 Å². The lowest BCUT2D eigenvalue weighted by Gasteiger charge is -2.12. The molecular formula is C10H14N2O. The maximum absolute atomic E-state index is 11.0. The molecule has 3 heteroatoms. The number of ketones is 1. The van der Waals surface area contributed by atoms with Gasteiger partial charge in [0.1, 0.15) is 0 Å². The molecule has 1 atom stereocenters. The minimum atomic E-state index is -0.597. The highest BCUT2D eigenvalue weighted by Crippen LogP contribution is 2.22. The van der Waals surface area contributed by atoms with Gasteiger partial charge < -0.3 is 11.5 Å². The summed E-state index contributed by atoms with van der Waals surface area (Å²) in [5.74, 6) is -0.0719. The average molecular weight is 178 g/mol. The Kier molecular flexibility index (Phi) is 2.68. The Labute approximate surface area is 77.7 Å². The number of carbonyl (C=O) groups is 1. The highest BCUT2D eigenvalue weighted by Gasteiger charge is 2.14. The minimum absolute atomic E-state index is 0.0719. The van der Waals surface area contributed by atoms with Crippen LogP contribution < -0.4 is 11.5 Å². The molecule has 0 saturated heterocycles. The smallest absolute Gasteiger partial charge is 0.151 e. The van der Waals surface area contributed by atoms with E-state index in [0.717, 1.165) is 5.56 Å². The van der Waals surface area contributed by atoms with Crippen molar-refractivity contribution in [1.29, 1.82) is 0 Å². The Balaban J connectivity index is 3.15.